The summed E-state index contributed by atoms with van der Waals surface area (Å²) in [5.74, 6) is 1.07. The quantitative estimate of drug-likeness (QED) is 0.0451. The summed E-state index contributed by atoms with van der Waals surface area (Å²) >= 11 is 0. The topological polar surface area (TPSA) is 65.1 Å². The van der Waals surface area contributed by atoms with Gasteiger partial charge in [-0.2, -0.15) is 0 Å². The Labute approximate surface area is 356 Å². The Morgan fingerprint density at radius 1 is 0.421 bits per heavy atom. The second kappa shape index (κ2) is 43.0. The minimum absolute atomic E-state index is 0.0243. The molecule has 0 aromatic rings. The predicted octanol–water partition coefficient (Wildman–Crippen LogP) is 15.4. The van der Waals surface area contributed by atoms with Crippen molar-refractivity contribution in [2.75, 3.05) is 33.4 Å². The van der Waals surface area contributed by atoms with Gasteiger partial charge in [0.2, 0.25) is 0 Å². The van der Waals surface area contributed by atoms with Crippen LogP contribution in [-0.4, -0.2) is 62.4 Å². The third-order valence-corrected chi connectivity index (χ3v) is 12.3. The van der Waals surface area contributed by atoms with Crippen molar-refractivity contribution in [1.29, 1.82) is 0 Å². The van der Waals surface area contributed by atoms with Crippen molar-refractivity contribution in [3.63, 3.8) is 0 Å². The molecule has 0 rings (SSSR count). The summed E-state index contributed by atoms with van der Waals surface area (Å²) in [6, 6.07) is 0.596. The van der Waals surface area contributed by atoms with Gasteiger partial charge in [-0.05, 0) is 103 Å². The van der Waals surface area contributed by atoms with Crippen LogP contribution in [0.3, 0.4) is 0 Å². The zero-order chi connectivity index (χ0) is 42.0. The van der Waals surface area contributed by atoms with Crippen molar-refractivity contribution >= 4 is 11.9 Å². The van der Waals surface area contributed by atoms with Crippen molar-refractivity contribution in [1.82, 2.24) is 4.90 Å². The lowest BCUT2D eigenvalue weighted by Gasteiger charge is -2.21. The standard InChI is InChI=1S/C51H101NO5/c1-8-12-24-34-47(35-25-13-9-2)44-50(53)56-42-31-22-18-16-17-20-28-38-49(55-41-33-30-40-52(7)46(5)6)39-29-21-19-23-32-43-57-51(54)45-48(36-26-14-10-3)37-27-15-11-4/h46-49H,8-45H2,1-7H3. The highest BCUT2D eigenvalue weighted by molar-refractivity contribution is 5.70. The minimum Gasteiger partial charge on any atom is -0.466 e. The number of rotatable bonds is 45. The Hall–Kier alpha value is -1.14. The number of unbranched alkanes of at least 4 members (excludes halogenated alkanes) is 19. The van der Waals surface area contributed by atoms with Gasteiger partial charge in [0.05, 0.1) is 19.3 Å². The maximum Gasteiger partial charge on any atom is 0.306 e. The third-order valence-electron chi connectivity index (χ3n) is 12.3. The van der Waals surface area contributed by atoms with E-state index in [4.69, 9.17) is 14.2 Å². The lowest BCUT2D eigenvalue weighted by atomic mass is 9.92. The first kappa shape index (κ1) is 55.9. The average molecular weight is 808 g/mol. The zero-order valence-electron chi connectivity index (χ0n) is 39.7. The van der Waals surface area contributed by atoms with Gasteiger partial charge in [0.1, 0.15) is 0 Å². The fraction of sp³-hybridized carbons (Fsp3) is 0.961. The van der Waals surface area contributed by atoms with Crippen LogP contribution < -0.4 is 0 Å². The Balaban J connectivity index is 4.31. The highest BCUT2D eigenvalue weighted by Gasteiger charge is 2.16. The normalized spacial score (nSPS) is 12.4. The molecule has 0 aromatic heterocycles. The van der Waals surface area contributed by atoms with Gasteiger partial charge in [0.15, 0.2) is 0 Å². The number of carbonyl (C=O) groups excluding carboxylic acids is 2. The number of ether oxygens (including phenoxy) is 3. The van der Waals surface area contributed by atoms with Crippen LogP contribution in [0.4, 0.5) is 0 Å². The van der Waals surface area contributed by atoms with E-state index < -0.39 is 0 Å². The SMILES string of the molecule is CCCCCC(CCCCC)CC(=O)OCCCCCCCCCC(CCCCCCCOC(=O)CC(CCCCC)CCCCC)OCCCCN(C)C(C)C. The van der Waals surface area contributed by atoms with Crippen LogP contribution in [0.5, 0.6) is 0 Å². The average Bonchev–Trinajstić information content (AvgIpc) is 3.19. The fourth-order valence-corrected chi connectivity index (χ4v) is 8.04. The molecule has 0 radical (unpaired) electrons. The molecule has 340 valence electrons. The fourth-order valence-electron chi connectivity index (χ4n) is 8.04. The van der Waals surface area contributed by atoms with E-state index in [0.717, 1.165) is 51.7 Å². The second-order valence-corrected chi connectivity index (χ2v) is 18.2. The lowest BCUT2D eigenvalue weighted by molar-refractivity contribution is -0.146. The van der Waals surface area contributed by atoms with Crippen molar-refractivity contribution in [3.05, 3.63) is 0 Å². The predicted molar refractivity (Wildman–Crippen MR) is 246 cm³/mol. The van der Waals surface area contributed by atoms with E-state index in [1.165, 1.54) is 167 Å². The van der Waals surface area contributed by atoms with Gasteiger partial charge in [0.25, 0.3) is 0 Å². The van der Waals surface area contributed by atoms with Crippen molar-refractivity contribution in [2.45, 2.75) is 272 Å². The molecule has 0 aliphatic heterocycles. The molecule has 6 heteroatoms. The van der Waals surface area contributed by atoms with E-state index in [0.29, 0.717) is 50.0 Å². The minimum atomic E-state index is 0.0243. The summed E-state index contributed by atoms with van der Waals surface area (Å²) < 4.78 is 17.8. The van der Waals surface area contributed by atoms with Gasteiger partial charge in [-0.25, -0.2) is 0 Å². The van der Waals surface area contributed by atoms with Crippen LogP contribution in [0.1, 0.15) is 260 Å². The van der Waals surface area contributed by atoms with Gasteiger partial charge in [-0.1, -0.05) is 169 Å². The van der Waals surface area contributed by atoms with Gasteiger partial charge < -0.3 is 19.1 Å². The molecule has 0 aliphatic carbocycles. The number of nitrogens with zero attached hydrogens (tertiary/aromatic N) is 1. The Bertz CT molecular complexity index is 829. The molecule has 0 aliphatic rings. The van der Waals surface area contributed by atoms with Crippen LogP contribution in [0, 0.1) is 11.8 Å². The van der Waals surface area contributed by atoms with Crippen LogP contribution in [-0.2, 0) is 23.8 Å². The molecule has 6 nitrogen and oxygen atoms in total. The molecule has 0 spiro atoms. The maximum atomic E-state index is 12.6. The van der Waals surface area contributed by atoms with Crippen molar-refractivity contribution in [2.24, 2.45) is 11.8 Å². The molecule has 0 fully saturated rings. The summed E-state index contributed by atoms with van der Waals surface area (Å²) in [6.07, 6.45) is 40.2. The first-order valence-corrected chi connectivity index (χ1v) is 25.4. The Morgan fingerprint density at radius 3 is 1.12 bits per heavy atom. The molecule has 0 saturated heterocycles. The molecule has 1 unspecified atom stereocenters. The molecule has 0 saturated carbocycles. The summed E-state index contributed by atoms with van der Waals surface area (Å²) in [5, 5.41) is 0. The van der Waals surface area contributed by atoms with Gasteiger partial charge in [-0.15, -0.1) is 0 Å². The van der Waals surface area contributed by atoms with Crippen LogP contribution in [0.2, 0.25) is 0 Å². The Morgan fingerprint density at radius 2 is 0.754 bits per heavy atom. The van der Waals surface area contributed by atoms with E-state index in [9.17, 15) is 9.59 Å². The van der Waals surface area contributed by atoms with Crippen LogP contribution in [0.25, 0.3) is 0 Å². The summed E-state index contributed by atoms with van der Waals surface area (Å²) in [7, 11) is 2.22. The highest BCUT2D eigenvalue weighted by atomic mass is 16.5. The van der Waals surface area contributed by atoms with Gasteiger partial charge >= 0.3 is 11.9 Å². The van der Waals surface area contributed by atoms with E-state index in [1.807, 2.05) is 0 Å². The molecule has 57 heavy (non-hydrogen) atoms. The zero-order valence-corrected chi connectivity index (χ0v) is 39.7. The summed E-state index contributed by atoms with van der Waals surface area (Å²) in [4.78, 5) is 27.5. The number of hydrogen-bond acceptors (Lipinski definition) is 6. The van der Waals surface area contributed by atoms with Crippen molar-refractivity contribution < 1.29 is 23.8 Å². The van der Waals surface area contributed by atoms with Gasteiger partial charge in [0, 0.05) is 25.5 Å². The van der Waals surface area contributed by atoms with E-state index in [1.54, 1.807) is 0 Å². The molecule has 0 bridgehead atoms. The molecule has 0 aromatic carbocycles. The van der Waals surface area contributed by atoms with Gasteiger partial charge in [-0.3, -0.25) is 9.59 Å². The molecule has 0 heterocycles. The molecule has 0 N–H and O–H groups in total. The molecular formula is C51H101NO5. The highest BCUT2D eigenvalue weighted by Crippen LogP contribution is 2.23. The second-order valence-electron chi connectivity index (χ2n) is 18.2. The largest absolute Gasteiger partial charge is 0.466 e. The van der Waals surface area contributed by atoms with E-state index >= 15 is 0 Å². The smallest absolute Gasteiger partial charge is 0.306 e. The Kier molecular flexibility index (Phi) is 42.1. The monoisotopic (exact) mass is 808 g/mol. The molecule has 1 atom stereocenters. The van der Waals surface area contributed by atoms with Crippen molar-refractivity contribution in [3.8, 4) is 0 Å². The first-order valence-electron chi connectivity index (χ1n) is 25.4. The third kappa shape index (κ3) is 38.8. The number of carbonyl (C=O) groups is 2. The first-order chi connectivity index (χ1) is 27.8. The molecular weight excluding hydrogens is 707 g/mol. The number of esters is 2. The van der Waals surface area contributed by atoms with E-state index in [2.05, 4.69) is 53.5 Å². The molecule has 0 amide bonds. The lowest BCUT2D eigenvalue weighted by Crippen LogP contribution is -2.27. The number of hydrogen-bond donors (Lipinski definition) is 0. The summed E-state index contributed by atoms with van der Waals surface area (Å²) in [6.45, 7) is 16.7. The van der Waals surface area contributed by atoms with Crippen LogP contribution in [0.15, 0.2) is 0 Å². The maximum absolute atomic E-state index is 12.6. The van der Waals surface area contributed by atoms with Crippen LogP contribution >= 0.6 is 0 Å². The van der Waals surface area contributed by atoms with E-state index in [-0.39, 0.29) is 11.9 Å². The summed E-state index contributed by atoms with van der Waals surface area (Å²) in [5.41, 5.74) is 0.